The maximum atomic E-state index is 13.7. The van der Waals surface area contributed by atoms with Crippen molar-refractivity contribution >= 4 is 27.7 Å². The number of hydrogen-bond acceptors (Lipinski definition) is 4. The molecule has 7 heteroatoms. The third-order valence-corrected chi connectivity index (χ3v) is 7.07. The Kier molecular flexibility index (Phi) is 9.36. The van der Waals surface area contributed by atoms with Crippen LogP contribution in [-0.4, -0.2) is 65.8 Å². The predicted molar refractivity (Wildman–Crippen MR) is 145 cm³/mol. The summed E-state index contributed by atoms with van der Waals surface area (Å²) >= 11 is 3.46. The molecule has 2 aromatic carbocycles. The van der Waals surface area contributed by atoms with E-state index in [1.807, 2.05) is 60.4 Å². The fraction of sp³-hybridized carbons (Fsp3) is 0.379. The Hall–Kier alpha value is -2.90. The van der Waals surface area contributed by atoms with E-state index in [2.05, 4.69) is 33.0 Å². The number of likely N-dealkylation sites (tertiary alicyclic amines) is 1. The van der Waals surface area contributed by atoms with E-state index in [4.69, 9.17) is 4.42 Å². The van der Waals surface area contributed by atoms with Gasteiger partial charge in [-0.1, -0.05) is 52.3 Å². The highest BCUT2D eigenvalue weighted by atomic mass is 79.9. The normalized spacial score (nSPS) is 13.6. The first-order valence-corrected chi connectivity index (χ1v) is 13.4. The zero-order chi connectivity index (χ0) is 25.3. The van der Waals surface area contributed by atoms with Crippen LogP contribution in [0.5, 0.6) is 0 Å². The minimum Gasteiger partial charge on any atom is -0.464 e. The first-order valence-electron chi connectivity index (χ1n) is 12.6. The highest BCUT2D eigenvalue weighted by Crippen LogP contribution is 2.16. The van der Waals surface area contributed by atoms with Crippen LogP contribution in [0.2, 0.25) is 0 Å². The van der Waals surface area contributed by atoms with E-state index in [1.165, 1.54) is 18.4 Å². The number of rotatable bonds is 11. The fourth-order valence-corrected chi connectivity index (χ4v) is 4.95. The molecule has 3 aromatic rings. The van der Waals surface area contributed by atoms with Crippen LogP contribution in [0.4, 0.5) is 0 Å². The molecule has 36 heavy (non-hydrogen) atoms. The van der Waals surface area contributed by atoms with Crippen molar-refractivity contribution in [1.82, 2.24) is 14.7 Å². The number of hydrogen-bond donors (Lipinski definition) is 0. The molecule has 1 fully saturated rings. The van der Waals surface area contributed by atoms with Crippen LogP contribution in [0, 0.1) is 6.92 Å². The van der Waals surface area contributed by atoms with Crippen LogP contribution >= 0.6 is 15.9 Å². The largest absolute Gasteiger partial charge is 0.464 e. The van der Waals surface area contributed by atoms with Crippen molar-refractivity contribution in [2.75, 3.05) is 39.3 Å². The summed E-state index contributed by atoms with van der Waals surface area (Å²) < 4.78 is 6.62. The summed E-state index contributed by atoms with van der Waals surface area (Å²) in [6.07, 6.45) is 3.11. The van der Waals surface area contributed by atoms with Crippen LogP contribution in [0.25, 0.3) is 0 Å². The van der Waals surface area contributed by atoms with E-state index in [-0.39, 0.29) is 18.4 Å². The average Bonchev–Trinajstić information content (AvgIpc) is 3.56. The van der Waals surface area contributed by atoms with Gasteiger partial charge in [-0.15, -0.1) is 0 Å². The third kappa shape index (κ3) is 7.55. The fourth-order valence-electron chi connectivity index (χ4n) is 4.55. The molecule has 0 radical (unpaired) electrons. The number of benzene rings is 2. The summed E-state index contributed by atoms with van der Waals surface area (Å²) in [6.45, 7) is 6.25. The van der Waals surface area contributed by atoms with E-state index < -0.39 is 0 Å². The number of nitrogens with zero attached hydrogens (tertiary/aromatic N) is 3. The summed E-state index contributed by atoms with van der Waals surface area (Å²) in [6, 6.07) is 21.3. The first kappa shape index (κ1) is 26.2. The summed E-state index contributed by atoms with van der Waals surface area (Å²) in [7, 11) is 0. The molecule has 0 aliphatic carbocycles. The number of aryl methyl sites for hydroxylation is 1. The maximum absolute atomic E-state index is 13.7. The van der Waals surface area contributed by atoms with Crippen molar-refractivity contribution < 1.29 is 14.0 Å². The summed E-state index contributed by atoms with van der Waals surface area (Å²) in [5, 5.41) is 0. The average molecular weight is 553 g/mol. The van der Waals surface area contributed by atoms with Crippen LogP contribution < -0.4 is 0 Å². The van der Waals surface area contributed by atoms with Crippen LogP contribution in [0.1, 0.15) is 40.3 Å². The Morgan fingerprint density at radius 2 is 1.72 bits per heavy atom. The van der Waals surface area contributed by atoms with Gasteiger partial charge in [0.2, 0.25) is 5.91 Å². The lowest BCUT2D eigenvalue weighted by Gasteiger charge is -2.29. The topological polar surface area (TPSA) is 57.0 Å². The predicted octanol–water partition coefficient (Wildman–Crippen LogP) is 5.16. The lowest BCUT2D eigenvalue weighted by Crippen LogP contribution is -2.45. The van der Waals surface area contributed by atoms with Crippen molar-refractivity contribution in [3.8, 4) is 0 Å². The molecule has 1 aromatic heterocycles. The lowest BCUT2D eigenvalue weighted by molar-refractivity contribution is -0.132. The van der Waals surface area contributed by atoms with Gasteiger partial charge in [0.1, 0.15) is 18.1 Å². The second-order valence-electron chi connectivity index (χ2n) is 9.35. The smallest absolute Gasteiger partial charge is 0.254 e. The van der Waals surface area contributed by atoms with E-state index >= 15 is 0 Å². The van der Waals surface area contributed by atoms with Crippen LogP contribution in [0.15, 0.2) is 75.6 Å². The lowest BCUT2D eigenvalue weighted by atomic mass is 10.1. The Morgan fingerprint density at radius 1 is 0.944 bits per heavy atom. The second kappa shape index (κ2) is 12.9. The molecule has 0 N–H and O–H groups in total. The van der Waals surface area contributed by atoms with Gasteiger partial charge in [-0.3, -0.25) is 9.59 Å². The molecule has 0 saturated carbocycles. The van der Waals surface area contributed by atoms with E-state index in [0.717, 1.165) is 42.0 Å². The van der Waals surface area contributed by atoms with Crippen molar-refractivity contribution in [2.24, 2.45) is 0 Å². The van der Waals surface area contributed by atoms with Crippen molar-refractivity contribution in [3.05, 3.63) is 93.9 Å². The van der Waals surface area contributed by atoms with Gasteiger partial charge >= 0.3 is 0 Å². The standard InChI is InChI=1S/C29H34BrN3O3/c1-23-12-13-27(36-23)21-32(17-14-24-8-3-2-4-9-24)28(34)22-33(19-18-31-15-5-6-16-31)29(35)25-10-7-11-26(30)20-25/h2-4,7-13,20H,5-6,14-19,21-22H2,1H3. The highest BCUT2D eigenvalue weighted by molar-refractivity contribution is 9.10. The SMILES string of the molecule is Cc1ccc(CN(CCc2ccccc2)C(=O)CN(CCN2CCCC2)C(=O)c2cccc(Br)c2)o1. The zero-order valence-corrected chi connectivity index (χ0v) is 22.5. The molecule has 2 amide bonds. The van der Waals surface area contributed by atoms with E-state index in [9.17, 15) is 9.59 Å². The zero-order valence-electron chi connectivity index (χ0n) is 20.9. The molecule has 2 heterocycles. The summed E-state index contributed by atoms with van der Waals surface area (Å²) in [4.78, 5) is 33.0. The molecule has 1 aliphatic rings. The number of carbonyl (C=O) groups excluding carboxylic acids is 2. The molecular weight excluding hydrogens is 518 g/mol. The Morgan fingerprint density at radius 3 is 2.42 bits per heavy atom. The molecule has 1 saturated heterocycles. The van der Waals surface area contributed by atoms with E-state index in [1.54, 1.807) is 11.0 Å². The second-order valence-corrected chi connectivity index (χ2v) is 10.3. The summed E-state index contributed by atoms with van der Waals surface area (Å²) in [5.41, 5.74) is 1.75. The molecule has 6 nitrogen and oxygen atoms in total. The summed E-state index contributed by atoms with van der Waals surface area (Å²) in [5.74, 6) is 1.36. The van der Waals surface area contributed by atoms with Crippen molar-refractivity contribution in [3.63, 3.8) is 0 Å². The van der Waals surface area contributed by atoms with Crippen LogP contribution in [-0.2, 0) is 17.8 Å². The Bertz CT molecular complexity index is 1140. The van der Waals surface area contributed by atoms with Crippen molar-refractivity contribution in [1.29, 1.82) is 0 Å². The molecule has 1 aliphatic heterocycles. The van der Waals surface area contributed by atoms with E-state index in [0.29, 0.717) is 25.2 Å². The number of carbonyl (C=O) groups is 2. The number of furan rings is 1. The number of halogens is 1. The molecule has 4 rings (SSSR count). The van der Waals surface area contributed by atoms with Gasteiger partial charge in [0, 0.05) is 29.7 Å². The van der Waals surface area contributed by atoms with Crippen molar-refractivity contribution in [2.45, 2.75) is 32.7 Å². The minimum absolute atomic E-state index is 0.0354. The molecule has 0 atom stereocenters. The van der Waals surface area contributed by atoms with Gasteiger partial charge in [0.25, 0.3) is 5.91 Å². The minimum atomic E-state index is -0.124. The monoisotopic (exact) mass is 551 g/mol. The van der Waals surface area contributed by atoms with Gasteiger partial charge in [-0.05, 0) is 75.2 Å². The molecule has 190 valence electrons. The quantitative estimate of drug-likeness (QED) is 0.330. The first-order chi connectivity index (χ1) is 17.5. The van der Waals surface area contributed by atoms with Gasteiger partial charge in [-0.25, -0.2) is 0 Å². The maximum Gasteiger partial charge on any atom is 0.254 e. The van der Waals surface area contributed by atoms with Crippen LogP contribution in [0.3, 0.4) is 0 Å². The van der Waals surface area contributed by atoms with Gasteiger partial charge in [0.15, 0.2) is 0 Å². The molecule has 0 bridgehead atoms. The third-order valence-electron chi connectivity index (χ3n) is 6.58. The highest BCUT2D eigenvalue weighted by Gasteiger charge is 2.24. The van der Waals surface area contributed by atoms with Gasteiger partial charge < -0.3 is 19.1 Å². The molecule has 0 spiro atoms. The van der Waals surface area contributed by atoms with Gasteiger partial charge in [-0.2, -0.15) is 0 Å². The number of amides is 2. The molecule has 0 unspecified atom stereocenters. The Balaban J connectivity index is 1.50. The Labute approximate surface area is 222 Å². The van der Waals surface area contributed by atoms with Gasteiger partial charge in [0.05, 0.1) is 6.54 Å². The molecular formula is C29H34BrN3O3.